The molecule has 1 fully saturated rings. The van der Waals surface area contributed by atoms with Gasteiger partial charge >= 0.3 is 0 Å². The van der Waals surface area contributed by atoms with Crippen molar-refractivity contribution in [1.29, 1.82) is 0 Å². The Morgan fingerprint density at radius 1 is 1.24 bits per heavy atom. The van der Waals surface area contributed by atoms with Gasteiger partial charge in [0.1, 0.15) is 11.5 Å². The second-order valence-electron chi connectivity index (χ2n) is 7.34. The average Bonchev–Trinajstić information content (AvgIpc) is 3.16. The summed E-state index contributed by atoms with van der Waals surface area (Å²) in [7, 11) is 0. The lowest BCUT2D eigenvalue weighted by Crippen LogP contribution is -2.51. The molecule has 1 spiro atoms. The highest BCUT2D eigenvalue weighted by Gasteiger charge is 2.45. The fourth-order valence-electron chi connectivity index (χ4n) is 3.73. The molecule has 3 heterocycles. The number of aromatic nitrogens is 1. The highest BCUT2D eigenvalue weighted by Crippen LogP contribution is 2.34. The number of pyridine rings is 1. The Morgan fingerprint density at radius 3 is 2.90 bits per heavy atom. The molecule has 1 unspecified atom stereocenters. The molecule has 0 radical (unpaired) electrons. The van der Waals surface area contributed by atoms with Gasteiger partial charge in [-0.15, -0.1) is 0 Å². The lowest BCUT2D eigenvalue weighted by atomic mass is 9.87. The number of likely N-dealkylation sites (tertiary alicyclic amines) is 1. The van der Waals surface area contributed by atoms with Crippen LogP contribution < -0.4 is 5.32 Å². The van der Waals surface area contributed by atoms with E-state index in [1.807, 2.05) is 6.07 Å². The minimum atomic E-state index is -0.736. The maximum Gasteiger partial charge on any atom is 0.269 e. The molecule has 150 valence electrons. The van der Waals surface area contributed by atoms with Crippen molar-refractivity contribution in [2.45, 2.75) is 31.4 Å². The summed E-state index contributed by atoms with van der Waals surface area (Å²) in [6.45, 7) is 1.13. The summed E-state index contributed by atoms with van der Waals surface area (Å²) in [5, 5.41) is 6.80. The molecule has 4 rings (SSSR count). The first-order chi connectivity index (χ1) is 14.1. The van der Waals surface area contributed by atoms with Crippen molar-refractivity contribution in [3.05, 3.63) is 65.7 Å². The molecule has 0 bridgehead atoms. The van der Waals surface area contributed by atoms with Crippen LogP contribution in [-0.2, 0) is 16.2 Å². The summed E-state index contributed by atoms with van der Waals surface area (Å²) < 4.78 is 14.0. The second kappa shape index (κ2) is 7.98. The fourth-order valence-corrected chi connectivity index (χ4v) is 3.73. The van der Waals surface area contributed by atoms with Crippen LogP contribution in [0.3, 0.4) is 0 Å². The minimum absolute atomic E-state index is 0.0397. The quantitative estimate of drug-likeness (QED) is 0.860. The molecular formula is C21H21FN4O3. The number of carbonyl (C=O) groups excluding carboxylic acids is 2. The highest BCUT2D eigenvalue weighted by atomic mass is 19.1. The molecule has 7 nitrogen and oxygen atoms in total. The van der Waals surface area contributed by atoms with E-state index in [-0.39, 0.29) is 23.9 Å². The van der Waals surface area contributed by atoms with Crippen LogP contribution in [0.25, 0.3) is 0 Å². The van der Waals surface area contributed by atoms with Crippen molar-refractivity contribution in [2.24, 2.45) is 5.16 Å². The summed E-state index contributed by atoms with van der Waals surface area (Å²) in [6.07, 6.45) is 5.04. The van der Waals surface area contributed by atoms with Gasteiger partial charge in [-0.3, -0.25) is 14.6 Å². The third-order valence-corrected chi connectivity index (χ3v) is 5.21. The molecule has 1 aromatic heterocycles. The molecule has 2 aliphatic heterocycles. The molecule has 1 atom stereocenters. The number of hydrogen-bond donors (Lipinski definition) is 1. The Kier molecular flexibility index (Phi) is 5.24. The highest BCUT2D eigenvalue weighted by molar-refractivity contribution is 6.39. The first-order valence-corrected chi connectivity index (χ1v) is 9.52. The number of halogens is 1. The minimum Gasteiger partial charge on any atom is -0.386 e. The van der Waals surface area contributed by atoms with Gasteiger partial charge in [0, 0.05) is 31.9 Å². The monoisotopic (exact) mass is 396 g/mol. The Morgan fingerprint density at radius 2 is 2.10 bits per heavy atom. The van der Waals surface area contributed by atoms with Gasteiger partial charge in [0.05, 0.1) is 12.1 Å². The molecule has 1 saturated heterocycles. The number of amides is 2. The number of piperidine rings is 1. The molecule has 1 N–H and O–H groups in total. The zero-order valence-electron chi connectivity index (χ0n) is 15.8. The lowest BCUT2D eigenvalue weighted by molar-refractivity contribution is -0.115. The molecular weight excluding hydrogens is 375 g/mol. The summed E-state index contributed by atoms with van der Waals surface area (Å²) in [5.74, 6) is -1.22. The normalized spacial score (nSPS) is 20.9. The number of nitrogens with zero attached hydrogens (tertiary/aromatic N) is 3. The van der Waals surface area contributed by atoms with Crippen molar-refractivity contribution in [2.75, 3.05) is 13.1 Å². The lowest BCUT2D eigenvalue weighted by Gasteiger charge is -2.38. The number of nitrogens with one attached hydrogen (secondary N) is 1. The maximum absolute atomic E-state index is 14.0. The van der Waals surface area contributed by atoms with Crippen LogP contribution in [0.5, 0.6) is 0 Å². The average molecular weight is 396 g/mol. The van der Waals surface area contributed by atoms with Gasteiger partial charge in [-0.2, -0.15) is 0 Å². The van der Waals surface area contributed by atoms with Crippen molar-refractivity contribution < 1.29 is 18.8 Å². The van der Waals surface area contributed by atoms with Gasteiger partial charge in [0.25, 0.3) is 11.8 Å². The zero-order valence-corrected chi connectivity index (χ0v) is 15.8. The van der Waals surface area contributed by atoms with Crippen LogP contribution >= 0.6 is 0 Å². The maximum atomic E-state index is 14.0. The van der Waals surface area contributed by atoms with E-state index in [4.69, 9.17) is 4.84 Å². The summed E-state index contributed by atoms with van der Waals surface area (Å²) in [6, 6.07) is 9.60. The Labute approximate surface area is 167 Å². The third kappa shape index (κ3) is 4.11. The topological polar surface area (TPSA) is 83.9 Å². The van der Waals surface area contributed by atoms with Gasteiger partial charge in [-0.25, -0.2) is 4.39 Å². The van der Waals surface area contributed by atoms with Gasteiger partial charge in [-0.1, -0.05) is 23.4 Å². The molecule has 0 saturated carbocycles. The first-order valence-electron chi connectivity index (χ1n) is 9.52. The largest absolute Gasteiger partial charge is 0.386 e. The smallest absolute Gasteiger partial charge is 0.269 e. The van der Waals surface area contributed by atoms with Gasteiger partial charge in [0.15, 0.2) is 5.60 Å². The third-order valence-electron chi connectivity index (χ3n) is 5.21. The number of carbonyl (C=O) groups is 2. The first kappa shape index (κ1) is 19.0. The zero-order chi connectivity index (χ0) is 20.3. The molecule has 8 heteroatoms. The van der Waals surface area contributed by atoms with Crippen LogP contribution in [0.15, 0.2) is 53.9 Å². The van der Waals surface area contributed by atoms with Crippen LogP contribution in [0.4, 0.5) is 4.39 Å². The number of benzene rings is 1. The summed E-state index contributed by atoms with van der Waals surface area (Å²) >= 11 is 0. The standard InChI is InChI=1S/C21H21FN4O3/c22-17-7-2-1-6-16(17)20(28)26-10-4-8-21(14-26)11-18(25-29-21)19(27)24-13-15-5-3-9-23-12-15/h1-3,5-7,9,12H,4,8,10-11,13-14H2,(H,24,27). The van der Waals surface area contributed by atoms with Crippen LogP contribution in [0, 0.1) is 5.82 Å². The van der Waals surface area contributed by atoms with E-state index in [2.05, 4.69) is 15.5 Å². The van der Waals surface area contributed by atoms with E-state index >= 15 is 0 Å². The molecule has 0 aliphatic carbocycles. The molecule has 29 heavy (non-hydrogen) atoms. The van der Waals surface area contributed by atoms with Crippen LogP contribution in [0.2, 0.25) is 0 Å². The van der Waals surface area contributed by atoms with Gasteiger partial charge < -0.3 is 15.1 Å². The predicted molar refractivity (Wildman–Crippen MR) is 103 cm³/mol. The summed E-state index contributed by atoms with van der Waals surface area (Å²) in [4.78, 5) is 36.4. The van der Waals surface area contributed by atoms with Gasteiger partial charge in [-0.05, 0) is 36.6 Å². The van der Waals surface area contributed by atoms with E-state index in [0.717, 1.165) is 5.56 Å². The fraction of sp³-hybridized carbons (Fsp3) is 0.333. The van der Waals surface area contributed by atoms with Crippen LogP contribution in [-0.4, -0.2) is 46.1 Å². The van der Waals surface area contributed by atoms with E-state index < -0.39 is 11.4 Å². The summed E-state index contributed by atoms with van der Waals surface area (Å²) in [5.41, 5.74) is 0.488. The van der Waals surface area contributed by atoms with Gasteiger partial charge in [0.2, 0.25) is 0 Å². The van der Waals surface area contributed by atoms with E-state index in [9.17, 15) is 14.0 Å². The Balaban J connectivity index is 1.38. The Bertz CT molecular complexity index is 950. The molecule has 2 amide bonds. The van der Waals surface area contributed by atoms with Crippen molar-refractivity contribution in [3.63, 3.8) is 0 Å². The molecule has 2 aliphatic rings. The predicted octanol–water partition coefficient (Wildman–Crippen LogP) is 2.29. The molecule has 1 aromatic carbocycles. The van der Waals surface area contributed by atoms with E-state index in [1.54, 1.807) is 35.5 Å². The number of hydrogen-bond acceptors (Lipinski definition) is 5. The number of rotatable bonds is 4. The van der Waals surface area contributed by atoms with Crippen molar-refractivity contribution in [3.8, 4) is 0 Å². The number of oxime groups is 1. The van der Waals surface area contributed by atoms with Crippen molar-refractivity contribution in [1.82, 2.24) is 15.2 Å². The van der Waals surface area contributed by atoms with Crippen molar-refractivity contribution >= 4 is 17.5 Å². The van der Waals surface area contributed by atoms with Crippen LogP contribution in [0.1, 0.15) is 35.2 Å². The molecule has 2 aromatic rings. The SMILES string of the molecule is O=C(NCc1cccnc1)C1=NOC2(CCCN(C(=O)c3ccccc3F)C2)C1. The Hall–Kier alpha value is -3.29. The van der Waals surface area contributed by atoms with E-state index in [0.29, 0.717) is 38.1 Å². The van der Waals surface area contributed by atoms with E-state index in [1.165, 1.54) is 12.1 Å². The second-order valence-corrected chi connectivity index (χ2v) is 7.34.